The molecular formula is C16H19ClN2O2S. The van der Waals surface area contributed by atoms with Crippen LogP contribution in [0.1, 0.15) is 41.7 Å². The molecule has 0 fully saturated rings. The van der Waals surface area contributed by atoms with Crippen LogP contribution < -0.4 is 5.32 Å². The van der Waals surface area contributed by atoms with Gasteiger partial charge in [0.25, 0.3) is 0 Å². The lowest BCUT2D eigenvalue weighted by Gasteiger charge is -2.27. The number of thiazole rings is 1. The van der Waals surface area contributed by atoms with Gasteiger partial charge in [-0.25, -0.2) is 9.78 Å². The zero-order chi connectivity index (χ0) is 16.2. The molecule has 1 N–H and O–H groups in total. The minimum absolute atomic E-state index is 0.232. The molecule has 118 valence electrons. The van der Waals surface area contributed by atoms with E-state index in [1.165, 1.54) is 16.9 Å². The van der Waals surface area contributed by atoms with Crippen molar-refractivity contribution in [2.45, 2.75) is 32.9 Å². The molecule has 1 aromatic carbocycles. The molecule has 1 heterocycles. The number of benzene rings is 1. The molecule has 0 spiro atoms. The van der Waals surface area contributed by atoms with Crippen LogP contribution in [-0.2, 0) is 16.8 Å². The van der Waals surface area contributed by atoms with Gasteiger partial charge in [-0.05, 0) is 26.3 Å². The minimum Gasteiger partial charge on any atom is -0.461 e. The van der Waals surface area contributed by atoms with Crippen LogP contribution >= 0.6 is 22.9 Å². The lowest BCUT2D eigenvalue weighted by Crippen LogP contribution is -2.36. The number of rotatable bonds is 6. The van der Waals surface area contributed by atoms with Crippen molar-refractivity contribution >= 4 is 28.9 Å². The number of nitrogens with zero attached hydrogens (tertiary/aromatic N) is 1. The molecule has 0 aliphatic rings. The van der Waals surface area contributed by atoms with Crippen LogP contribution in [0.15, 0.2) is 30.3 Å². The normalized spacial score (nSPS) is 11.5. The number of aromatic nitrogens is 1. The number of esters is 1. The first-order chi connectivity index (χ1) is 10.4. The molecule has 0 atom stereocenters. The van der Waals surface area contributed by atoms with Gasteiger partial charge in [0, 0.05) is 12.1 Å². The van der Waals surface area contributed by atoms with Gasteiger partial charge >= 0.3 is 5.97 Å². The zero-order valence-electron chi connectivity index (χ0n) is 12.9. The first-order valence-electron chi connectivity index (χ1n) is 7.07. The van der Waals surface area contributed by atoms with Crippen LogP contribution in [0.4, 0.5) is 0 Å². The fourth-order valence-corrected chi connectivity index (χ4v) is 3.13. The Morgan fingerprint density at radius 1 is 1.36 bits per heavy atom. The highest BCUT2D eigenvalue weighted by atomic mass is 35.5. The Balaban J connectivity index is 2.13. The first-order valence-corrected chi connectivity index (χ1v) is 8.26. The van der Waals surface area contributed by atoms with Crippen molar-refractivity contribution in [2.24, 2.45) is 0 Å². The van der Waals surface area contributed by atoms with Gasteiger partial charge in [0.15, 0.2) is 10.2 Å². The second-order valence-corrected chi connectivity index (χ2v) is 6.97. The maximum atomic E-state index is 11.9. The zero-order valence-corrected chi connectivity index (χ0v) is 14.4. The molecule has 0 amide bonds. The molecule has 4 nitrogen and oxygen atoms in total. The van der Waals surface area contributed by atoms with E-state index in [2.05, 4.69) is 36.3 Å². The molecule has 2 rings (SSSR count). The van der Waals surface area contributed by atoms with Gasteiger partial charge < -0.3 is 10.1 Å². The van der Waals surface area contributed by atoms with Crippen molar-refractivity contribution in [3.05, 3.63) is 50.9 Å². The van der Waals surface area contributed by atoms with E-state index in [1.54, 1.807) is 6.92 Å². The molecular weight excluding hydrogens is 320 g/mol. The molecule has 0 saturated carbocycles. The number of carbonyl (C=O) groups excluding carboxylic acids is 1. The van der Waals surface area contributed by atoms with E-state index in [9.17, 15) is 4.79 Å². The third-order valence-corrected chi connectivity index (χ3v) is 4.49. The predicted molar refractivity (Wildman–Crippen MR) is 89.4 cm³/mol. The summed E-state index contributed by atoms with van der Waals surface area (Å²) in [5.74, 6) is -0.431. The highest BCUT2D eigenvalue weighted by molar-refractivity contribution is 7.16. The average Bonchev–Trinajstić information content (AvgIpc) is 2.88. The fourth-order valence-electron chi connectivity index (χ4n) is 2.06. The van der Waals surface area contributed by atoms with Crippen LogP contribution in [0.2, 0.25) is 4.47 Å². The minimum atomic E-state index is -0.431. The molecule has 2 aromatic rings. The summed E-state index contributed by atoms with van der Waals surface area (Å²) in [6.07, 6.45) is 0. The fraction of sp³-hybridized carbons (Fsp3) is 0.375. The number of ether oxygens (including phenoxy) is 1. The second-order valence-electron chi connectivity index (χ2n) is 5.30. The van der Waals surface area contributed by atoms with Crippen molar-refractivity contribution in [3.63, 3.8) is 0 Å². The maximum Gasteiger partial charge on any atom is 0.358 e. The Labute approximate surface area is 139 Å². The van der Waals surface area contributed by atoms with Crippen molar-refractivity contribution in [3.8, 4) is 0 Å². The second kappa shape index (κ2) is 7.22. The third-order valence-electron chi connectivity index (χ3n) is 3.33. The quantitative estimate of drug-likeness (QED) is 0.809. The SMILES string of the molecule is CCOC(=O)c1nc(Cl)sc1CNC(C)(C)c1ccccc1. The lowest BCUT2D eigenvalue weighted by molar-refractivity contribution is 0.0519. The molecule has 1 aromatic heterocycles. The molecule has 0 aliphatic carbocycles. The summed E-state index contributed by atoms with van der Waals surface area (Å²) < 4.78 is 5.36. The average molecular weight is 339 g/mol. The van der Waals surface area contributed by atoms with Gasteiger partial charge in [-0.15, -0.1) is 11.3 Å². The largest absolute Gasteiger partial charge is 0.461 e. The van der Waals surface area contributed by atoms with E-state index in [4.69, 9.17) is 16.3 Å². The molecule has 0 aliphatic heterocycles. The van der Waals surface area contributed by atoms with Gasteiger partial charge in [-0.1, -0.05) is 41.9 Å². The highest BCUT2D eigenvalue weighted by Gasteiger charge is 2.23. The standard InChI is InChI=1S/C16H19ClN2O2S/c1-4-21-14(20)13-12(22-15(17)19-13)10-18-16(2,3)11-8-6-5-7-9-11/h5-9,18H,4,10H2,1-3H3. The molecule has 6 heteroatoms. The van der Waals surface area contributed by atoms with E-state index >= 15 is 0 Å². The van der Waals surface area contributed by atoms with Crippen molar-refractivity contribution in [1.82, 2.24) is 10.3 Å². The Morgan fingerprint density at radius 3 is 2.68 bits per heavy atom. The Kier molecular flexibility index (Phi) is 5.56. The lowest BCUT2D eigenvalue weighted by atomic mass is 9.94. The number of hydrogen-bond donors (Lipinski definition) is 1. The number of nitrogens with one attached hydrogen (secondary N) is 1. The number of carbonyl (C=O) groups is 1. The number of halogens is 1. The molecule has 22 heavy (non-hydrogen) atoms. The summed E-state index contributed by atoms with van der Waals surface area (Å²) in [6, 6.07) is 10.1. The summed E-state index contributed by atoms with van der Waals surface area (Å²) in [4.78, 5) is 16.8. The Hall–Kier alpha value is -1.43. The van der Waals surface area contributed by atoms with E-state index in [0.717, 1.165) is 4.88 Å². The maximum absolute atomic E-state index is 11.9. The van der Waals surface area contributed by atoms with E-state index in [-0.39, 0.29) is 5.54 Å². The Bertz CT molecular complexity index is 641. The number of hydrogen-bond acceptors (Lipinski definition) is 5. The van der Waals surface area contributed by atoms with Crippen LogP contribution in [0.5, 0.6) is 0 Å². The van der Waals surface area contributed by atoms with E-state index < -0.39 is 5.97 Å². The molecule has 0 radical (unpaired) electrons. The van der Waals surface area contributed by atoms with Crippen LogP contribution in [0, 0.1) is 0 Å². The smallest absolute Gasteiger partial charge is 0.358 e. The van der Waals surface area contributed by atoms with Crippen molar-refractivity contribution in [1.29, 1.82) is 0 Å². The van der Waals surface area contributed by atoms with E-state index in [1.807, 2.05) is 18.2 Å². The van der Waals surface area contributed by atoms with Crippen LogP contribution in [0.3, 0.4) is 0 Å². The summed E-state index contributed by atoms with van der Waals surface area (Å²) in [7, 11) is 0. The van der Waals surface area contributed by atoms with E-state index in [0.29, 0.717) is 23.3 Å². The van der Waals surface area contributed by atoms with Gasteiger partial charge in [0.2, 0.25) is 0 Å². The van der Waals surface area contributed by atoms with Crippen LogP contribution in [-0.4, -0.2) is 17.6 Å². The third kappa shape index (κ3) is 4.06. The van der Waals surface area contributed by atoms with Crippen molar-refractivity contribution in [2.75, 3.05) is 6.61 Å². The highest BCUT2D eigenvalue weighted by Crippen LogP contribution is 2.26. The molecule has 0 saturated heterocycles. The Morgan fingerprint density at radius 2 is 2.05 bits per heavy atom. The predicted octanol–water partition coefficient (Wildman–Crippen LogP) is 4.00. The molecule has 0 bridgehead atoms. The van der Waals surface area contributed by atoms with Gasteiger partial charge in [0.1, 0.15) is 0 Å². The van der Waals surface area contributed by atoms with Crippen LogP contribution in [0.25, 0.3) is 0 Å². The molecule has 0 unspecified atom stereocenters. The summed E-state index contributed by atoms with van der Waals surface area (Å²) in [6.45, 7) is 6.77. The summed E-state index contributed by atoms with van der Waals surface area (Å²) >= 11 is 7.24. The first kappa shape index (κ1) is 16.9. The monoisotopic (exact) mass is 338 g/mol. The summed E-state index contributed by atoms with van der Waals surface area (Å²) in [5.41, 5.74) is 1.24. The van der Waals surface area contributed by atoms with Crippen molar-refractivity contribution < 1.29 is 9.53 Å². The van der Waals surface area contributed by atoms with Gasteiger partial charge in [-0.3, -0.25) is 0 Å². The van der Waals surface area contributed by atoms with Gasteiger partial charge in [0.05, 0.1) is 11.5 Å². The van der Waals surface area contributed by atoms with Gasteiger partial charge in [-0.2, -0.15) is 0 Å². The topological polar surface area (TPSA) is 51.2 Å². The summed E-state index contributed by atoms with van der Waals surface area (Å²) in [5, 5.41) is 3.45.